The molecule has 2 aromatic carbocycles. The van der Waals surface area contributed by atoms with Crippen LogP contribution in [0.1, 0.15) is 10.4 Å². The summed E-state index contributed by atoms with van der Waals surface area (Å²) in [6.07, 6.45) is 0.794. The van der Waals surface area contributed by atoms with Gasteiger partial charge >= 0.3 is 0 Å². The van der Waals surface area contributed by atoms with Crippen LogP contribution in [0, 0.1) is 0 Å². The Morgan fingerprint density at radius 1 is 1.00 bits per heavy atom. The van der Waals surface area contributed by atoms with Crippen LogP contribution in [0.25, 0.3) is 21.6 Å². The van der Waals surface area contributed by atoms with E-state index in [2.05, 4.69) is 10.0 Å². The summed E-state index contributed by atoms with van der Waals surface area (Å²) in [6, 6.07) is 14.4. The van der Waals surface area contributed by atoms with Crippen LogP contribution in [-0.4, -0.2) is 6.29 Å². The summed E-state index contributed by atoms with van der Waals surface area (Å²) < 4.78 is 0. The largest absolute Gasteiger partial charge is 0.298 e. The van der Waals surface area contributed by atoms with E-state index in [1.807, 2.05) is 24.3 Å². The third-order valence-electron chi connectivity index (χ3n) is 2.43. The van der Waals surface area contributed by atoms with Gasteiger partial charge in [-0.1, -0.05) is 53.6 Å². The van der Waals surface area contributed by atoms with Gasteiger partial charge in [0.05, 0.1) is 0 Å². The molecule has 0 aromatic heterocycles. The minimum Gasteiger partial charge on any atom is -0.298 e. The maximum absolute atomic E-state index is 11.0. The van der Waals surface area contributed by atoms with E-state index in [-0.39, 0.29) is 0 Å². The molecule has 0 radical (unpaired) electrons. The predicted octanol–water partition coefficient (Wildman–Crippen LogP) is 4.11. The lowest BCUT2D eigenvalue weighted by Gasteiger charge is -2.07. The van der Waals surface area contributed by atoms with Gasteiger partial charge in [-0.25, -0.2) is 0 Å². The first-order chi connectivity index (χ1) is 8.36. The van der Waals surface area contributed by atoms with E-state index in [0.29, 0.717) is 11.3 Å². The fraction of sp³-hybridized carbons (Fsp3) is 0. The van der Waals surface area contributed by atoms with Crippen molar-refractivity contribution in [1.29, 1.82) is 0 Å². The Bertz CT molecular complexity index is 601. The monoisotopic (exact) mass is 223 g/mol. The molecule has 2 aromatic rings. The molecule has 0 N–H and O–H groups in total. The quantitative estimate of drug-likeness (QED) is 0.334. The zero-order valence-corrected chi connectivity index (χ0v) is 8.95. The molecule has 0 amide bonds. The first kappa shape index (κ1) is 10.9. The van der Waals surface area contributed by atoms with Crippen LogP contribution in [0.3, 0.4) is 0 Å². The molecule has 4 nitrogen and oxygen atoms in total. The molecule has 0 saturated carbocycles. The highest BCUT2D eigenvalue weighted by atomic mass is 16.1. The minimum atomic E-state index is 0.518. The van der Waals surface area contributed by atoms with E-state index in [1.54, 1.807) is 24.3 Å². The molecule has 2 rings (SSSR count). The van der Waals surface area contributed by atoms with Crippen LogP contribution in [0.5, 0.6) is 0 Å². The van der Waals surface area contributed by atoms with E-state index in [1.165, 1.54) is 0 Å². The van der Waals surface area contributed by atoms with Crippen LogP contribution in [-0.2, 0) is 0 Å². The second-order valence-electron chi connectivity index (χ2n) is 3.41. The summed E-state index contributed by atoms with van der Waals surface area (Å²) in [5, 5.41) is 3.62. The van der Waals surface area contributed by atoms with Crippen LogP contribution < -0.4 is 0 Å². The predicted molar refractivity (Wildman–Crippen MR) is 66.1 cm³/mol. The molecule has 0 bridgehead atoms. The van der Waals surface area contributed by atoms with E-state index < -0.39 is 0 Å². The molecule has 0 unspecified atom stereocenters. The Morgan fingerprint density at radius 2 is 1.65 bits per heavy atom. The Hall–Kier alpha value is -2.58. The minimum absolute atomic E-state index is 0.518. The molecule has 0 fully saturated rings. The Kier molecular flexibility index (Phi) is 3.19. The van der Waals surface area contributed by atoms with Crippen molar-refractivity contribution >= 4 is 12.0 Å². The number of hydrogen-bond acceptors (Lipinski definition) is 2. The van der Waals surface area contributed by atoms with Crippen molar-refractivity contribution in [2.45, 2.75) is 0 Å². The topological polar surface area (TPSA) is 65.8 Å². The molecule has 82 valence electrons. The summed E-state index contributed by atoms with van der Waals surface area (Å²) >= 11 is 0. The fourth-order valence-corrected chi connectivity index (χ4v) is 1.68. The lowest BCUT2D eigenvalue weighted by molar-refractivity contribution is 0.112. The summed E-state index contributed by atoms with van der Waals surface area (Å²) in [5.74, 6) is 0. The van der Waals surface area contributed by atoms with Crippen LogP contribution >= 0.6 is 0 Å². The molecule has 0 aliphatic heterocycles. The lowest BCUT2D eigenvalue weighted by atomic mass is 9.99. The average molecular weight is 223 g/mol. The van der Waals surface area contributed by atoms with Crippen LogP contribution in [0.15, 0.2) is 53.6 Å². The van der Waals surface area contributed by atoms with Gasteiger partial charge in [0.1, 0.15) is 0 Å². The summed E-state index contributed by atoms with van der Waals surface area (Å²) in [4.78, 5) is 13.8. The van der Waals surface area contributed by atoms with Gasteiger partial charge in [-0.3, -0.25) is 4.79 Å². The van der Waals surface area contributed by atoms with Gasteiger partial charge in [-0.05, 0) is 16.7 Å². The first-order valence-corrected chi connectivity index (χ1v) is 5.05. The number of aldehydes is 1. The van der Waals surface area contributed by atoms with E-state index in [9.17, 15) is 4.79 Å². The van der Waals surface area contributed by atoms with Gasteiger partial charge in [0, 0.05) is 16.2 Å². The van der Waals surface area contributed by atoms with Gasteiger partial charge in [0.15, 0.2) is 6.29 Å². The Labute approximate surface area is 98.1 Å². The van der Waals surface area contributed by atoms with Gasteiger partial charge < -0.3 is 0 Å². The number of rotatable bonds is 3. The Balaban J connectivity index is 2.67. The van der Waals surface area contributed by atoms with Crippen LogP contribution in [0.4, 0.5) is 5.69 Å². The van der Waals surface area contributed by atoms with E-state index in [4.69, 9.17) is 5.53 Å². The van der Waals surface area contributed by atoms with Crippen molar-refractivity contribution in [2.24, 2.45) is 5.11 Å². The third-order valence-corrected chi connectivity index (χ3v) is 2.43. The highest BCUT2D eigenvalue weighted by Crippen LogP contribution is 2.31. The normalized spacial score (nSPS) is 9.41. The molecule has 0 atom stereocenters. The van der Waals surface area contributed by atoms with Crippen molar-refractivity contribution in [3.63, 3.8) is 0 Å². The molecule has 0 saturated heterocycles. The lowest BCUT2D eigenvalue weighted by Crippen LogP contribution is -1.86. The van der Waals surface area contributed by atoms with E-state index >= 15 is 0 Å². The van der Waals surface area contributed by atoms with Crippen molar-refractivity contribution in [3.05, 3.63) is 64.5 Å². The van der Waals surface area contributed by atoms with Crippen LogP contribution in [0.2, 0.25) is 0 Å². The summed E-state index contributed by atoms with van der Waals surface area (Å²) in [6.45, 7) is 0. The highest BCUT2D eigenvalue weighted by Gasteiger charge is 2.06. The first-order valence-electron chi connectivity index (χ1n) is 5.05. The molecule has 0 spiro atoms. The SMILES string of the molecule is [N-]=[N+]=Nc1ccccc1-c1ccccc1C=O. The molecule has 4 heteroatoms. The molecule has 17 heavy (non-hydrogen) atoms. The second kappa shape index (κ2) is 4.96. The smallest absolute Gasteiger partial charge is 0.150 e. The molecule has 0 heterocycles. The second-order valence-corrected chi connectivity index (χ2v) is 3.41. The zero-order valence-electron chi connectivity index (χ0n) is 8.95. The number of hydrogen-bond donors (Lipinski definition) is 0. The van der Waals surface area contributed by atoms with Crippen molar-refractivity contribution in [2.75, 3.05) is 0 Å². The molecular weight excluding hydrogens is 214 g/mol. The fourth-order valence-electron chi connectivity index (χ4n) is 1.68. The van der Waals surface area contributed by atoms with Gasteiger partial charge in [0.2, 0.25) is 0 Å². The number of carbonyl (C=O) groups is 1. The number of benzene rings is 2. The highest BCUT2D eigenvalue weighted by molar-refractivity contribution is 5.90. The Morgan fingerprint density at radius 3 is 2.35 bits per heavy atom. The zero-order chi connectivity index (χ0) is 12.1. The third kappa shape index (κ3) is 2.17. The van der Waals surface area contributed by atoms with Gasteiger partial charge in [-0.2, -0.15) is 0 Å². The number of azide groups is 1. The van der Waals surface area contributed by atoms with Crippen molar-refractivity contribution in [1.82, 2.24) is 0 Å². The van der Waals surface area contributed by atoms with E-state index in [0.717, 1.165) is 17.4 Å². The molecular formula is C13H9N3O. The standard InChI is InChI=1S/C13H9N3O/c14-16-15-13-8-4-3-7-12(13)11-6-2-1-5-10(11)9-17/h1-9H. The molecule has 0 aliphatic rings. The van der Waals surface area contributed by atoms with Crippen molar-refractivity contribution in [3.8, 4) is 11.1 Å². The number of nitrogens with zero attached hydrogens (tertiary/aromatic N) is 3. The average Bonchev–Trinajstić information content (AvgIpc) is 2.40. The summed E-state index contributed by atoms with van der Waals surface area (Å²) in [5.41, 5.74) is 11.1. The maximum Gasteiger partial charge on any atom is 0.150 e. The molecule has 0 aliphatic carbocycles. The maximum atomic E-state index is 11.0. The van der Waals surface area contributed by atoms with Gasteiger partial charge in [-0.15, -0.1) is 0 Å². The number of carbonyl (C=O) groups excluding carboxylic acids is 1. The van der Waals surface area contributed by atoms with Gasteiger partial charge in [0.25, 0.3) is 0 Å². The van der Waals surface area contributed by atoms with Crippen molar-refractivity contribution < 1.29 is 4.79 Å². The summed E-state index contributed by atoms with van der Waals surface area (Å²) in [7, 11) is 0.